The topological polar surface area (TPSA) is 48.7 Å². The predicted octanol–water partition coefficient (Wildman–Crippen LogP) is 3.75. The highest BCUT2D eigenvalue weighted by Crippen LogP contribution is 2.33. The van der Waals surface area contributed by atoms with Gasteiger partial charge >= 0.3 is 0 Å². The zero-order chi connectivity index (χ0) is 14.2. The van der Waals surface area contributed by atoms with E-state index < -0.39 is 0 Å². The van der Waals surface area contributed by atoms with Crippen molar-refractivity contribution in [3.63, 3.8) is 0 Å². The zero-order valence-electron chi connectivity index (χ0n) is 10.9. The summed E-state index contributed by atoms with van der Waals surface area (Å²) in [5.41, 5.74) is 5.13. The molecule has 0 bridgehead atoms. The van der Waals surface area contributed by atoms with Crippen LogP contribution in [0.4, 0.5) is 0 Å². The second-order valence-corrected chi connectivity index (χ2v) is 6.36. The molecule has 7 heteroatoms. The Morgan fingerprint density at radius 1 is 1.19 bits per heavy atom. The van der Waals surface area contributed by atoms with Crippen molar-refractivity contribution < 1.29 is 9.26 Å². The number of benzene rings is 1. The van der Waals surface area contributed by atoms with Crippen LogP contribution in [-0.2, 0) is 18.0 Å². The van der Waals surface area contributed by atoms with Crippen LogP contribution in [0, 0.1) is 0 Å². The number of hydrogen-bond acceptors (Lipinski definition) is 4. The van der Waals surface area contributed by atoms with Gasteiger partial charge < -0.3 is 9.26 Å². The molecule has 0 saturated carbocycles. The third-order valence-electron chi connectivity index (χ3n) is 3.49. The first-order chi connectivity index (χ1) is 10.4. The molecule has 0 fully saturated rings. The van der Waals surface area contributed by atoms with Crippen molar-refractivity contribution in [2.24, 2.45) is 0 Å². The molecule has 1 aromatic carbocycles. The van der Waals surface area contributed by atoms with Crippen LogP contribution in [0.1, 0.15) is 11.3 Å². The van der Waals surface area contributed by atoms with Crippen molar-refractivity contribution in [2.45, 2.75) is 13.2 Å². The molecule has 106 valence electrons. The van der Waals surface area contributed by atoms with E-state index in [2.05, 4.69) is 44.3 Å². The van der Waals surface area contributed by atoms with Crippen LogP contribution in [0.15, 0.2) is 36.5 Å². The maximum absolute atomic E-state index is 5.55. The smallest absolute Gasteiger partial charge is 0.156 e. The van der Waals surface area contributed by atoms with Crippen LogP contribution >= 0.6 is 28.5 Å². The minimum atomic E-state index is 0.416. The van der Waals surface area contributed by atoms with Gasteiger partial charge in [-0.05, 0) is 46.3 Å². The van der Waals surface area contributed by atoms with E-state index in [-0.39, 0.29) is 0 Å². The Morgan fingerprint density at radius 3 is 2.86 bits per heavy atom. The standard InChI is InChI=1S/C14H11IN3O2P/c15-21-20-10-3-1-9(2-4-10)14-11-7-19-8-12(11)17-13-5-6-16-18(13)14/h1-6,21H,7-8H2. The molecule has 4 rings (SSSR count). The summed E-state index contributed by atoms with van der Waals surface area (Å²) in [7, 11) is 0. The molecule has 1 atom stereocenters. The number of halogens is 1. The average Bonchev–Trinajstić information content (AvgIpc) is 3.14. The lowest BCUT2D eigenvalue weighted by Gasteiger charge is -2.10. The predicted molar refractivity (Wildman–Crippen MR) is 89.9 cm³/mol. The van der Waals surface area contributed by atoms with Gasteiger partial charge in [-0.1, -0.05) is 0 Å². The summed E-state index contributed by atoms with van der Waals surface area (Å²) < 4.78 is 12.9. The molecule has 5 nitrogen and oxygen atoms in total. The summed E-state index contributed by atoms with van der Waals surface area (Å²) >= 11 is 2.21. The molecular formula is C14H11IN3O2P. The third kappa shape index (κ3) is 2.31. The number of fused-ring (bicyclic) bond motifs is 2. The molecule has 0 saturated heterocycles. The average molecular weight is 411 g/mol. The number of hydrogen-bond donors (Lipinski definition) is 0. The SMILES string of the molecule is IPOc1ccc(-c2c3c(nc4ccnn24)COC3)cc1. The Kier molecular flexibility index (Phi) is 3.52. The lowest BCUT2D eigenvalue weighted by molar-refractivity contribution is 0.133. The summed E-state index contributed by atoms with van der Waals surface area (Å²) in [6.07, 6.45) is 1.77. The molecule has 3 aromatic rings. The maximum atomic E-state index is 5.55. The fraction of sp³-hybridized carbons (Fsp3) is 0.143. The molecule has 1 unspecified atom stereocenters. The Bertz CT molecular complexity index is 804. The fourth-order valence-electron chi connectivity index (χ4n) is 2.57. The van der Waals surface area contributed by atoms with Crippen molar-refractivity contribution in [3.05, 3.63) is 47.8 Å². The fourth-order valence-corrected chi connectivity index (χ4v) is 3.55. The minimum absolute atomic E-state index is 0.416. The van der Waals surface area contributed by atoms with Crippen molar-refractivity contribution >= 4 is 34.1 Å². The summed E-state index contributed by atoms with van der Waals surface area (Å²) in [4.78, 5) is 4.60. The van der Waals surface area contributed by atoms with Crippen LogP contribution in [0.5, 0.6) is 5.75 Å². The van der Waals surface area contributed by atoms with Gasteiger partial charge in [-0.15, -0.1) is 0 Å². The largest absolute Gasteiger partial charge is 0.467 e. The molecular weight excluding hydrogens is 400 g/mol. The van der Waals surface area contributed by atoms with Gasteiger partial charge in [0, 0.05) is 17.2 Å². The molecule has 3 heterocycles. The van der Waals surface area contributed by atoms with Crippen molar-refractivity contribution in [3.8, 4) is 17.0 Å². The van der Waals surface area contributed by atoms with Crippen LogP contribution in [-0.4, -0.2) is 14.6 Å². The minimum Gasteiger partial charge on any atom is -0.467 e. The van der Waals surface area contributed by atoms with Gasteiger partial charge in [0.15, 0.2) is 5.65 Å². The Hall–Kier alpha value is -1.24. The molecule has 0 amide bonds. The second-order valence-electron chi connectivity index (χ2n) is 4.68. The Labute approximate surface area is 136 Å². The lowest BCUT2D eigenvalue weighted by Crippen LogP contribution is -2.03. The van der Waals surface area contributed by atoms with Gasteiger partial charge in [-0.3, -0.25) is 0 Å². The molecule has 0 spiro atoms. The van der Waals surface area contributed by atoms with Crippen molar-refractivity contribution in [1.29, 1.82) is 0 Å². The van der Waals surface area contributed by atoms with E-state index in [1.807, 2.05) is 22.7 Å². The molecule has 21 heavy (non-hydrogen) atoms. The molecule has 0 radical (unpaired) electrons. The van der Waals surface area contributed by atoms with E-state index in [0.717, 1.165) is 33.9 Å². The van der Waals surface area contributed by atoms with Gasteiger partial charge in [0.2, 0.25) is 0 Å². The van der Waals surface area contributed by atoms with E-state index >= 15 is 0 Å². The second kappa shape index (κ2) is 5.51. The molecule has 1 aliphatic heterocycles. The Balaban J connectivity index is 1.90. The monoisotopic (exact) mass is 411 g/mol. The van der Waals surface area contributed by atoms with E-state index in [4.69, 9.17) is 9.26 Å². The molecule has 0 N–H and O–H groups in total. The van der Waals surface area contributed by atoms with Gasteiger partial charge in [0.05, 0.1) is 30.8 Å². The van der Waals surface area contributed by atoms with E-state index in [0.29, 0.717) is 19.7 Å². The summed E-state index contributed by atoms with van der Waals surface area (Å²) in [6, 6.07) is 10.00. The summed E-state index contributed by atoms with van der Waals surface area (Å²) in [6.45, 7) is 1.57. The maximum Gasteiger partial charge on any atom is 0.156 e. The number of ether oxygens (including phenoxy) is 1. The molecule has 0 aliphatic carbocycles. The normalized spacial score (nSPS) is 14.1. The van der Waals surface area contributed by atoms with Crippen molar-refractivity contribution in [1.82, 2.24) is 14.6 Å². The van der Waals surface area contributed by atoms with Gasteiger partial charge in [-0.25, -0.2) is 9.50 Å². The summed E-state index contributed by atoms with van der Waals surface area (Å²) in [5.74, 6) is 0.880. The highest BCUT2D eigenvalue weighted by molar-refractivity contribution is 14.2. The molecule has 1 aliphatic rings. The van der Waals surface area contributed by atoms with Crippen LogP contribution < -0.4 is 4.52 Å². The first-order valence-electron chi connectivity index (χ1n) is 6.43. The Morgan fingerprint density at radius 2 is 2.05 bits per heavy atom. The van der Waals surface area contributed by atoms with E-state index in [9.17, 15) is 0 Å². The van der Waals surface area contributed by atoms with Gasteiger partial charge in [-0.2, -0.15) is 5.10 Å². The number of aromatic nitrogens is 3. The highest BCUT2D eigenvalue weighted by atomic mass is 127. The highest BCUT2D eigenvalue weighted by Gasteiger charge is 2.21. The summed E-state index contributed by atoms with van der Waals surface area (Å²) in [5, 5.41) is 4.40. The third-order valence-corrected chi connectivity index (χ3v) is 4.46. The van der Waals surface area contributed by atoms with Crippen LogP contribution in [0.2, 0.25) is 0 Å². The zero-order valence-corrected chi connectivity index (χ0v) is 14.1. The number of nitrogens with zero attached hydrogens (tertiary/aromatic N) is 3. The van der Waals surface area contributed by atoms with E-state index in [1.165, 1.54) is 0 Å². The van der Waals surface area contributed by atoms with Gasteiger partial charge in [0.25, 0.3) is 0 Å². The first-order valence-corrected chi connectivity index (χ1v) is 10.5. The number of rotatable bonds is 3. The lowest BCUT2D eigenvalue weighted by atomic mass is 10.1. The first kappa shape index (κ1) is 13.4. The van der Waals surface area contributed by atoms with E-state index in [1.54, 1.807) is 6.20 Å². The van der Waals surface area contributed by atoms with Gasteiger partial charge in [0.1, 0.15) is 12.2 Å². The molecule has 2 aromatic heterocycles. The van der Waals surface area contributed by atoms with Crippen LogP contribution in [0.3, 0.4) is 0 Å². The van der Waals surface area contributed by atoms with Crippen molar-refractivity contribution in [2.75, 3.05) is 0 Å². The van der Waals surface area contributed by atoms with Crippen LogP contribution in [0.25, 0.3) is 16.9 Å². The quantitative estimate of drug-likeness (QED) is 0.487.